The average Bonchev–Trinajstić information content (AvgIpc) is 2.40. The van der Waals surface area contributed by atoms with Crippen molar-refractivity contribution in [3.63, 3.8) is 0 Å². The van der Waals surface area contributed by atoms with Crippen molar-refractivity contribution in [3.8, 4) is 0 Å². The summed E-state index contributed by atoms with van der Waals surface area (Å²) in [7, 11) is 0. The van der Waals surface area contributed by atoms with Crippen LogP contribution in [0.4, 0.5) is 0 Å². The number of carbonyl (C=O) groups excluding carboxylic acids is 2. The van der Waals surface area contributed by atoms with Crippen molar-refractivity contribution >= 4 is 11.8 Å². The number of hydrogen-bond acceptors (Lipinski definition) is 2. The number of aryl methyl sites for hydroxylation is 2. The van der Waals surface area contributed by atoms with Crippen molar-refractivity contribution in [1.29, 1.82) is 0 Å². The van der Waals surface area contributed by atoms with Crippen LogP contribution < -0.4 is 5.32 Å². The first kappa shape index (κ1) is 11.8. The van der Waals surface area contributed by atoms with Gasteiger partial charge in [0.1, 0.15) is 0 Å². The quantitative estimate of drug-likeness (QED) is 0.753. The fourth-order valence-corrected chi connectivity index (χ4v) is 2.54. The van der Waals surface area contributed by atoms with Gasteiger partial charge in [-0.2, -0.15) is 0 Å². The van der Waals surface area contributed by atoms with Gasteiger partial charge >= 0.3 is 0 Å². The Labute approximate surface area is 101 Å². The van der Waals surface area contributed by atoms with Gasteiger partial charge < -0.3 is 0 Å². The molecule has 1 unspecified atom stereocenters. The van der Waals surface area contributed by atoms with Crippen molar-refractivity contribution in [2.45, 2.75) is 39.0 Å². The van der Waals surface area contributed by atoms with Gasteiger partial charge in [0.15, 0.2) is 0 Å². The molecule has 3 heteroatoms. The minimum Gasteiger partial charge on any atom is -0.296 e. The van der Waals surface area contributed by atoms with Crippen LogP contribution in [0.3, 0.4) is 0 Å². The van der Waals surface area contributed by atoms with E-state index in [1.807, 2.05) is 32.0 Å². The van der Waals surface area contributed by atoms with Crippen LogP contribution in [0.15, 0.2) is 18.2 Å². The van der Waals surface area contributed by atoms with E-state index in [0.29, 0.717) is 6.42 Å². The van der Waals surface area contributed by atoms with Gasteiger partial charge in [-0.3, -0.25) is 14.9 Å². The molecule has 0 radical (unpaired) electrons. The normalized spacial score (nSPS) is 20.9. The standard InChI is InChI=1S/C14H17NO2/c1-9-5-3-6-10(2)13(9)11-7-4-8-12(16)15-14(11)17/h3,5-6,11H,4,7-8H2,1-2H3,(H,15,16,17). The van der Waals surface area contributed by atoms with Gasteiger partial charge in [-0.25, -0.2) is 0 Å². The predicted octanol–water partition coefficient (Wildman–Crippen LogP) is 2.21. The highest BCUT2D eigenvalue weighted by Crippen LogP contribution is 2.29. The molecule has 1 atom stereocenters. The Kier molecular flexibility index (Phi) is 3.27. The van der Waals surface area contributed by atoms with Gasteiger partial charge in [-0.1, -0.05) is 18.2 Å². The zero-order valence-corrected chi connectivity index (χ0v) is 10.2. The Morgan fingerprint density at radius 1 is 1.18 bits per heavy atom. The Morgan fingerprint density at radius 3 is 2.47 bits per heavy atom. The maximum atomic E-state index is 12.0. The van der Waals surface area contributed by atoms with Gasteiger partial charge in [-0.05, 0) is 43.4 Å². The van der Waals surface area contributed by atoms with E-state index in [4.69, 9.17) is 0 Å². The lowest BCUT2D eigenvalue weighted by Gasteiger charge is -2.18. The van der Waals surface area contributed by atoms with Crippen LogP contribution >= 0.6 is 0 Å². The molecule has 0 saturated carbocycles. The summed E-state index contributed by atoms with van der Waals surface area (Å²) in [5.41, 5.74) is 3.33. The average molecular weight is 231 g/mol. The monoisotopic (exact) mass is 231 g/mol. The van der Waals surface area contributed by atoms with Crippen molar-refractivity contribution < 1.29 is 9.59 Å². The highest BCUT2D eigenvalue weighted by Gasteiger charge is 2.27. The van der Waals surface area contributed by atoms with E-state index in [2.05, 4.69) is 5.32 Å². The number of hydrogen-bond donors (Lipinski definition) is 1. The van der Waals surface area contributed by atoms with E-state index in [-0.39, 0.29) is 17.7 Å². The fourth-order valence-electron chi connectivity index (χ4n) is 2.54. The predicted molar refractivity (Wildman–Crippen MR) is 65.7 cm³/mol. The highest BCUT2D eigenvalue weighted by atomic mass is 16.2. The molecule has 0 aromatic heterocycles. The minimum atomic E-state index is -0.178. The molecule has 0 aliphatic carbocycles. The first-order valence-electron chi connectivity index (χ1n) is 5.99. The van der Waals surface area contributed by atoms with Crippen LogP contribution in [0.1, 0.15) is 41.9 Å². The molecule has 1 aromatic carbocycles. The number of rotatable bonds is 1. The lowest BCUT2D eigenvalue weighted by atomic mass is 9.87. The second-order valence-corrected chi connectivity index (χ2v) is 4.66. The van der Waals surface area contributed by atoms with Crippen LogP contribution in [-0.2, 0) is 9.59 Å². The summed E-state index contributed by atoms with van der Waals surface area (Å²) < 4.78 is 0. The van der Waals surface area contributed by atoms with E-state index in [1.54, 1.807) is 0 Å². The number of amides is 2. The lowest BCUT2D eigenvalue weighted by Crippen LogP contribution is -2.32. The summed E-state index contributed by atoms with van der Waals surface area (Å²) in [5.74, 6) is -0.476. The zero-order valence-electron chi connectivity index (χ0n) is 10.2. The molecule has 0 spiro atoms. The second kappa shape index (κ2) is 4.70. The van der Waals surface area contributed by atoms with Gasteiger partial charge in [0.05, 0.1) is 5.92 Å². The van der Waals surface area contributed by atoms with Crippen LogP contribution in [0.5, 0.6) is 0 Å². The molecule has 1 aliphatic rings. The molecule has 2 amide bonds. The highest BCUT2D eigenvalue weighted by molar-refractivity contribution is 5.99. The maximum Gasteiger partial charge on any atom is 0.234 e. The van der Waals surface area contributed by atoms with Gasteiger partial charge in [0.25, 0.3) is 0 Å². The van der Waals surface area contributed by atoms with Gasteiger partial charge in [0, 0.05) is 6.42 Å². The first-order chi connectivity index (χ1) is 8.09. The van der Waals surface area contributed by atoms with Crippen molar-refractivity contribution in [3.05, 3.63) is 34.9 Å². The van der Waals surface area contributed by atoms with Crippen LogP contribution in [0.25, 0.3) is 0 Å². The first-order valence-corrected chi connectivity index (χ1v) is 5.99. The lowest BCUT2D eigenvalue weighted by molar-refractivity contribution is -0.130. The Bertz CT molecular complexity index is 445. The molecular weight excluding hydrogens is 214 g/mol. The Balaban J connectivity index is 2.38. The van der Waals surface area contributed by atoms with Gasteiger partial charge in [-0.15, -0.1) is 0 Å². The third-order valence-corrected chi connectivity index (χ3v) is 3.37. The van der Waals surface area contributed by atoms with E-state index in [0.717, 1.165) is 29.5 Å². The van der Waals surface area contributed by atoms with Crippen LogP contribution in [-0.4, -0.2) is 11.8 Å². The van der Waals surface area contributed by atoms with E-state index in [1.165, 1.54) is 0 Å². The molecule has 17 heavy (non-hydrogen) atoms. The molecule has 1 aliphatic heterocycles. The molecule has 2 rings (SSSR count). The van der Waals surface area contributed by atoms with Gasteiger partial charge in [0.2, 0.25) is 11.8 Å². The van der Waals surface area contributed by atoms with Crippen LogP contribution in [0.2, 0.25) is 0 Å². The number of nitrogens with one attached hydrogen (secondary N) is 1. The fraction of sp³-hybridized carbons (Fsp3) is 0.429. The third-order valence-electron chi connectivity index (χ3n) is 3.37. The maximum absolute atomic E-state index is 12.0. The second-order valence-electron chi connectivity index (χ2n) is 4.66. The minimum absolute atomic E-state index is 0.148. The van der Waals surface area contributed by atoms with E-state index in [9.17, 15) is 9.59 Å². The van der Waals surface area contributed by atoms with Crippen molar-refractivity contribution in [2.24, 2.45) is 0 Å². The van der Waals surface area contributed by atoms with E-state index >= 15 is 0 Å². The third kappa shape index (κ3) is 2.38. The number of imide groups is 1. The molecule has 0 bridgehead atoms. The molecule has 1 aromatic rings. The molecule has 1 fully saturated rings. The van der Waals surface area contributed by atoms with Crippen molar-refractivity contribution in [2.75, 3.05) is 0 Å². The number of carbonyl (C=O) groups is 2. The summed E-state index contributed by atoms with van der Waals surface area (Å²) in [5, 5.41) is 2.47. The largest absolute Gasteiger partial charge is 0.296 e. The molecule has 1 heterocycles. The summed E-state index contributed by atoms with van der Waals surface area (Å²) >= 11 is 0. The Hall–Kier alpha value is -1.64. The zero-order chi connectivity index (χ0) is 12.4. The Morgan fingerprint density at radius 2 is 1.82 bits per heavy atom. The smallest absolute Gasteiger partial charge is 0.234 e. The number of benzene rings is 1. The molecule has 3 nitrogen and oxygen atoms in total. The summed E-state index contributed by atoms with van der Waals surface area (Å²) in [6.45, 7) is 4.03. The SMILES string of the molecule is Cc1cccc(C)c1C1CCCC(=O)NC1=O. The molecule has 90 valence electrons. The summed E-state index contributed by atoms with van der Waals surface area (Å²) in [6.07, 6.45) is 1.98. The molecule has 1 saturated heterocycles. The topological polar surface area (TPSA) is 46.2 Å². The van der Waals surface area contributed by atoms with E-state index < -0.39 is 0 Å². The summed E-state index contributed by atoms with van der Waals surface area (Å²) in [4.78, 5) is 23.3. The summed E-state index contributed by atoms with van der Waals surface area (Å²) in [6, 6.07) is 6.03. The van der Waals surface area contributed by atoms with Crippen molar-refractivity contribution in [1.82, 2.24) is 5.32 Å². The van der Waals surface area contributed by atoms with Crippen LogP contribution in [0, 0.1) is 13.8 Å². The molecule has 1 N–H and O–H groups in total. The molecular formula is C14H17NO2.